The van der Waals surface area contributed by atoms with Crippen LogP contribution in [-0.4, -0.2) is 42.1 Å². The normalized spacial score (nSPS) is 21.5. The molecule has 2 saturated carbocycles. The van der Waals surface area contributed by atoms with Crippen molar-refractivity contribution in [1.29, 1.82) is 0 Å². The predicted octanol–water partition coefficient (Wildman–Crippen LogP) is 1.29. The minimum Gasteiger partial charge on any atom is -0.481 e. The van der Waals surface area contributed by atoms with Gasteiger partial charge in [0.05, 0.1) is 5.41 Å². The lowest BCUT2D eigenvalue weighted by Gasteiger charge is -2.30. The summed E-state index contributed by atoms with van der Waals surface area (Å²) < 4.78 is 0. The van der Waals surface area contributed by atoms with Crippen LogP contribution in [0.15, 0.2) is 0 Å². The van der Waals surface area contributed by atoms with E-state index in [1.54, 1.807) is 11.9 Å². The minimum atomic E-state index is -0.792. The summed E-state index contributed by atoms with van der Waals surface area (Å²) >= 11 is 0. The summed E-state index contributed by atoms with van der Waals surface area (Å²) in [5.41, 5.74) is -0.674. The number of nitrogens with zero attached hydrogens (tertiary/aromatic N) is 1. The van der Waals surface area contributed by atoms with Gasteiger partial charge < -0.3 is 15.3 Å². The van der Waals surface area contributed by atoms with Crippen LogP contribution in [-0.2, 0) is 4.79 Å². The number of nitrogens with one attached hydrogen (secondary N) is 1. The highest BCUT2D eigenvalue weighted by Crippen LogP contribution is 2.45. The van der Waals surface area contributed by atoms with Crippen molar-refractivity contribution in [3.63, 3.8) is 0 Å². The summed E-state index contributed by atoms with van der Waals surface area (Å²) in [7, 11) is 1.77. The van der Waals surface area contributed by atoms with Crippen LogP contribution >= 0.6 is 0 Å². The number of hydrogen-bond acceptors (Lipinski definition) is 2. The maximum atomic E-state index is 11.7. The molecule has 0 aromatic carbocycles. The smallest absolute Gasteiger partial charge is 0.317 e. The summed E-state index contributed by atoms with van der Waals surface area (Å²) in [6.45, 7) is 1.04. The Morgan fingerprint density at radius 1 is 1.41 bits per heavy atom. The number of hydrogen-bond donors (Lipinski definition) is 2. The van der Waals surface area contributed by atoms with Crippen molar-refractivity contribution in [2.45, 2.75) is 32.1 Å². The first-order valence-corrected chi connectivity index (χ1v) is 6.26. The molecule has 5 heteroatoms. The zero-order chi connectivity index (χ0) is 12.5. The van der Waals surface area contributed by atoms with Crippen LogP contribution in [0.4, 0.5) is 4.79 Å². The van der Waals surface area contributed by atoms with Gasteiger partial charge in [-0.05, 0) is 31.6 Å². The summed E-state index contributed by atoms with van der Waals surface area (Å²) in [6, 6.07) is -0.149. The molecule has 0 aliphatic heterocycles. The lowest BCUT2D eigenvalue weighted by atomic mass is 9.85. The van der Waals surface area contributed by atoms with E-state index in [-0.39, 0.29) is 12.6 Å². The Hall–Kier alpha value is -1.26. The van der Waals surface area contributed by atoms with Gasteiger partial charge in [0.1, 0.15) is 0 Å². The SMILES string of the molecule is CN(CC1CCC1)C(=O)NCC1(C(=O)O)CC1. The maximum absolute atomic E-state index is 11.7. The number of aliphatic carboxylic acids is 1. The van der Waals surface area contributed by atoms with E-state index in [0.717, 1.165) is 6.54 Å². The number of rotatable bonds is 5. The van der Waals surface area contributed by atoms with Gasteiger partial charge in [0, 0.05) is 20.1 Å². The van der Waals surface area contributed by atoms with Crippen LogP contribution in [0.1, 0.15) is 32.1 Å². The van der Waals surface area contributed by atoms with E-state index in [9.17, 15) is 9.59 Å². The second-order valence-electron chi connectivity index (χ2n) is 5.42. The first-order valence-electron chi connectivity index (χ1n) is 6.26. The largest absolute Gasteiger partial charge is 0.481 e. The van der Waals surface area contributed by atoms with Crippen molar-refractivity contribution in [3.05, 3.63) is 0 Å². The Bertz CT molecular complexity index is 322. The molecule has 17 heavy (non-hydrogen) atoms. The first kappa shape index (κ1) is 12.2. The van der Waals surface area contributed by atoms with E-state index in [1.165, 1.54) is 19.3 Å². The first-order chi connectivity index (χ1) is 8.03. The van der Waals surface area contributed by atoms with Gasteiger partial charge in [-0.25, -0.2) is 4.79 Å². The average molecular weight is 240 g/mol. The second-order valence-corrected chi connectivity index (χ2v) is 5.42. The zero-order valence-electron chi connectivity index (χ0n) is 10.2. The Kier molecular flexibility index (Phi) is 3.26. The lowest BCUT2D eigenvalue weighted by Crippen LogP contribution is -2.44. The fourth-order valence-corrected chi connectivity index (χ4v) is 2.14. The molecule has 0 radical (unpaired) electrons. The fraction of sp³-hybridized carbons (Fsp3) is 0.833. The molecule has 0 atom stereocenters. The Morgan fingerprint density at radius 2 is 2.06 bits per heavy atom. The van der Waals surface area contributed by atoms with Crippen molar-refractivity contribution in [2.24, 2.45) is 11.3 Å². The number of urea groups is 1. The van der Waals surface area contributed by atoms with Gasteiger partial charge in [0.15, 0.2) is 0 Å². The molecule has 0 saturated heterocycles. The molecule has 2 aliphatic rings. The number of carboxylic acids is 1. The quantitative estimate of drug-likeness (QED) is 0.760. The van der Waals surface area contributed by atoms with Crippen LogP contribution in [0, 0.1) is 11.3 Å². The van der Waals surface area contributed by atoms with Gasteiger partial charge in [-0.2, -0.15) is 0 Å². The van der Waals surface area contributed by atoms with Crippen molar-refractivity contribution < 1.29 is 14.7 Å². The van der Waals surface area contributed by atoms with E-state index in [0.29, 0.717) is 18.8 Å². The monoisotopic (exact) mass is 240 g/mol. The van der Waals surface area contributed by atoms with E-state index >= 15 is 0 Å². The molecule has 96 valence electrons. The van der Waals surface area contributed by atoms with Crippen LogP contribution < -0.4 is 5.32 Å². The van der Waals surface area contributed by atoms with Gasteiger partial charge in [-0.3, -0.25) is 4.79 Å². The average Bonchev–Trinajstić information content (AvgIpc) is 3.00. The minimum absolute atomic E-state index is 0.149. The highest BCUT2D eigenvalue weighted by atomic mass is 16.4. The standard InChI is InChI=1S/C12H20N2O3/c1-14(7-9-3-2-4-9)11(17)13-8-12(5-6-12)10(15)16/h9H,2-8H2,1H3,(H,13,17)(H,15,16). The van der Waals surface area contributed by atoms with Crippen LogP contribution in [0.25, 0.3) is 0 Å². The molecule has 0 heterocycles. The molecule has 2 fully saturated rings. The molecular weight excluding hydrogens is 220 g/mol. The maximum Gasteiger partial charge on any atom is 0.317 e. The summed E-state index contributed by atoms with van der Waals surface area (Å²) in [5.74, 6) is -0.153. The van der Waals surface area contributed by atoms with Crippen molar-refractivity contribution in [2.75, 3.05) is 20.1 Å². The number of carbonyl (C=O) groups excluding carboxylic acids is 1. The number of carboxylic acid groups (broad SMARTS) is 1. The lowest BCUT2D eigenvalue weighted by molar-refractivity contribution is -0.143. The second kappa shape index (κ2) is 4.55. The third-order valence-electron chi connectivity index (χ3n) is 3.99. The van der Waals surface area contributed by atoms with Gasteiger partial charge in [-0.1, -0.05) is 6.42 Å². The molecule has 2 rings (SSSR count). The van der Waals surface area contributed by atoms with Crippen LogP contribution in [0.3, 0.4) is 0 Å². The van der Waals surface area contributed by atoms with Crippen LogP contribution in [0.5, 0.6) is 0 Å². The van der Waals surface area contributed by atoms with Gasteiger partial charge in [-0.15, -0.1) is 0 Å². The topological polar surface area (TPSA) is 69.6 Å². The molecule has 0 aromatic heterocycles. The molecule has 0 aromatic rings. The van der Waals surface area contributed by atoms with Gasteiger partial charge >= 0.3 is 12.0 Å². The van der Waals surface area contributed by atoms with Crippen LogP contribution in [0.2, 0.25) is 0 Å². The molecule has 2 N–H and O–H groups in total. The summed E-state index contributed by atoms with van der Waals surface area (Å²) in [5, 5.41) is 11.7. The highest BCUT2D eigenvalue weighted by molar-refractivity contribution is 5.80. The zero-order valence-corrected chi connectivity index (χ0v) is 10.2. The van der Waals surface area contributed by atoms with Gasteiger partial charge in [0.25, 0.3) is 0 Å². The molecule has 0 bridgehead atoms. The third kappa shape index (κ3) is 2.70. The number of carbonyl (C=O) groups is 2. The van der Waals surface area contributed by atoms with E-state index in [1.807, 2.05) is 0 Å². The Balaban J connectivity index is 1.71. The molecule has 0 spiro atoms. The van der Waals surface area contributed by atoms with E-state index in [4.69, 9.17) is 5.11 Å². The van der Waals surface area contributed by atoms with E-state index in [2.05, 4.69) is 5.32 Å². The molecular formula is C12H20N2O3. The van der Waals surface area contributed by atoms with E-state index < -0.39 is 11.4 Å². The third-order valence-corrected chi connectivity index (χ3v) is 3.99. The fourth-order valence-electron chi connectivity index (χ4n) is 2.14. The Morgan fingerprint density at radius 3 is 2.47 bits per heavy atom. The Labute approximate surface area is 101 Å². The predicted molar refractivity (Wildman–Crippen MR) is 62.7 cm³/mol. The van der Waals surface area contributed by atoms with Gasteiger partial charge in [0.2, 0.25) is 0 Å². The molecule has 5 nitrogen and oxygen atoms in total. The molecule has 2 amide bonds. The summed E-state index contributed by atoms with van der Waals surface area (Å²) in [4.78, 5) is 24.3. The number of amides is 2. The van der Waals surface area contributed by atoms with Crippen molar-refractivity contribution in [3.8, 4) is 0 Å². The highest BCUT2D eigenvalue weighted by Gasteiger charge is 2.50. The molecule has 2 aliphatic carbocycles. The molecule has 0 unspecified atom stereocenters. The van der Waals surface area contributed by atoms with Crippen molar-refractivity contribution >= 4 is 12.0 Å². The van der Waals surface area contributed by atoms with Crippen molar-refractivity contribution in [1.82, 2.24) is 10.2 Å². The summed E-state index contributed by atoms with van der Waals surface area (Å²) in [6.07, 6.45) is 5.03.